The summed E-state index contributed by atoms with van der Waals surface area (Å²) in [5.41, 5.74) is 2.06. The molecule has 24 heavy (non-hydrogen) atoms. The van der Waals surface area contributed by atoms with Crippen LogP contribution in [0.15, 0.2) is 28.1 Å². The zero-order valence-electron chi connectivity index (χ0n) is 13.9. The number of benzene rings is 1. The average molecular weight is 344 g/mol. The lowest BCUT2D eigenvalue weighted by atomic mass is 10.00. The number of hydrogen-bond donors (Lipinski definition) is 0. The van der Waals surface area contributed by atoms with Crippen LogP contribution in [0.2, 0.25) is 0 Å². The average Bonchev–Trinajstić information content (AvgIpc) is 3.06. The number of aliphatic imine (C=N–C) groups is 1. The van der Waals surface area contributed by atoms with Gasteiger partial charge in [-0.2, -0.15) is 4.99 Å². The molecule has 0 aliphatic carbocycles. The van der Waals surface area contributed by atoms with Gasteiger partial charge >= 0.3 is 0 Å². The zero-order chi connectivity index (χ0) is 16.7. The minimum Gasteiger partial charge on any atom is -0.487 e. The standard InChI is InChI=1S/C18H20N2O3S/c1-18(2)11-13-9-12(3-4-14(13)23-18)10-15-16(21)19-17(24-15)20-5-7-22-8-6-20/h3-4,9-10H,5-8,11H2,1-2H3. The molecule has 0 N–H and O–H groups in total. The Hall–Kier alpha value is -1.79. The Balaban J connectivity index is 1.52. The molecule has 4 rings (SSSR count). The van der Waals surface area contributed by atoms with Gasteiger partial charge in [0.1, 0.15) is 11.4 Å². The molecule has 0 unspecified atom stereocenters. The van der Waals surface area contributed by atoms with Crippen molar-refractivity contribution in [1.29, 1.82) is 0 Å². The Kier molecular flexibility index (Phi) is 3.89. The van der Waals surface area contributed by atoms with Crippen molar-refractivity contribution in [2.75, 3.05) is 26.3 Å². The molecule has 126 valence electrons. The van der Waals surface area contributed by atoms with Crippen molar-refractivity contribution in [2.45, 2.75) is 25.9 Å². The van der Waals surface area contributed by atoms with E-state index in [1.807, 2.05) is 18.2 Å². The minimum atomic E-state index is -0.154. The number of hydrogen-bond acceptors (Lipinski definition) is 5. The zero-order valence-corrected chi connectivity index (χ0v) is 14.7. The number of amides is 1. The third-order valence-electron chi connectivity index (χ3n) is 4.28. The molecule has 0 radical (unpaired) electrons. The lowest BCUT2D eigenvalue weighted by molar-refractivity contribution is -0.113. The number of carbonyl (C=O) groups excluding carboxylic acids is 1. The monoisotopic (exact) mass is 344 g/mol. The molecule has 1 fully saturated rings. The Morgan fingerprint density at radius 2 is 2.08 bits per heavy atom. The third-order valence-corrected chi connectivity index (χ3v) is 5.32. The molecule has 0 aromatic heterocycles. The first-order valence-electron chi connectivity index (χ1n) is 8.17. The molecule has 5 nitrogen and oxygen atoms in total. The maximum Gasteiger partial charge on any atom is 0.286 e. The molecule has 0 bridgehead atoms. The summed E-state index contributed by atoms with van der Waals surface area (Å²) in [5, 5.41) is 0.792. The highest BCUT2D eigenvalue weighted by Crippen LogP contribution is 2.36. The summed E-state index contributed by atoms with van der Waals surface area (Å²) in [6, 6.07) is 6.09. The van der Waals surface area contributed by atoms with Crippen LogP contribution in [0.1, 0.15) is 25.0 Å². The molecular weight excluding hydrogens is 324 g/mol. The second kappa shape index (κ2) is 5.93. The van der Waals surface area contributed by atoms with E-state index >= 15 is 0 Å². The first-order valence-corrected chi connectivity index (χ1v) is 8.99. The number of nitrogens with zero attached hydrogens (tertiary/aromatic N) is 2. The molecule has 1 aromatic rings. The number of morpholine rings is 1. The lowest BCUT2D eigenvalue weighted by Crippen LogP contribution is -2.38. The summed E-state index contributed by atoms with van der Waals surface area (Å²) < 4.78 is 11.3. The molecule has 6 heteroatoms. The highest BCUT2D eigenvalue weighted by molar-refractivity contribution is 8.18. The number of rotatable bonds is 1. The van der Waals surface area contributed by atoms with Gasteiger partial charge in [-0.25, -0.2) is 0 Å². The molecule has 0 spiro atoms. The van der Waals surface area contributed by atoms with Crippen molar-refractivity contribution >= 4 is 28.9 Å². The van der Waals surface area contributed by atoms with E-state index in [2.05, 4.69) is 29.8 Å². The Bertz CT molecular complexity index is 749. The molecule has 0 atom stereocenters. The Labute approximate surface area is 145 Å². The topological polar surface area (TPSA) is 51.1 Å². The van der Waals surface area contributed by atoms with E-state index in [0.29, 0.717) is 18.1 Å². The maximum absolute atomic E-state index is 12.2. The maximum atomic E-state index is 12.2. The van der Waals surface area contributed by atoms with Crippen molar-refractivity contribution in [3.05, 3.63) is 34.2 Å². The fraction of sp³-hybridized carbons (Fsp3) is 0.444. The molecule has 3 aliphatic heterocycles. The van der Waals surface area contributed by atoms with Gasteiger partial charge in [-0.1, -0.05) is 6.07 Å². The summed E-state index contributed by atoms with van der Waals surface area (Å²) in [5.74, 6) is 0.788. The number of thioether (sulfide) groups is 1. The highest BCUT2D eigenvalue weighted by Gasteiger charge is 2.30. The Morgan fingerprint density at radius 3 is 2.88 bits per heavy atom. The second-order valence-corrected chi connectivity index (χ2v) is 7.82. The fourth-order valence-corrected chi connectivity index (χ4v) is 4.12. The number of amidine groups is 1. The third kappa shape index (κ3) is 3.08. The first-order chi connectivity index (χ1) is 11.5. The summed E-state index contributed by atoms with van der Waals surface area (Å²) in [6.45, 7) is 7.13. The molecule has 3 heterocycles. The van der Waals surface area contributed by atoms with Crippen molar-refractivity contribution < 1.29 is 14.3 Å². The van der Waals surface area contributed by atoms with Gasteiger partial charge in [0.15, 0.2) is 5.17 Å². The number of fused-ring (bicyclic) bond motifs is 1. The van der Waals surface area contributed by atoms with Crippen molar-refractivity contribution in [3.63, 3.8) is 0 Å². The minimum absolute atomic E-state index is 0.154. The van der Waals surface area contributed by atoms with Crippen LogP contribution in [-0.2, 0) is 16.0 Å². The van der Waals surface area contributed by atoms with Crippen molar-refractivity contribution in [3.8, 4) is 5.75 Å². The van der Waals surface area contributed by atoms with Crippen molar-refractivity contribution in [2.24, 2.45) is 4.99 Å². The van der Waals surface area contributed by atoms with Crippen LogP contribution in [0.4, 0.5) is 0 Å². The van der Waals surface area contributed by atoms with Gasteiger partial charge in [-0.3, -0.25) is 4.79 Å². The van der Waals surface area contributed by atoms with E-state index in [1.165, 1.54) is 17.3 Å². The van der Waals surface area contributed by atoms with Crippen LogP contribution in [0, 0.1) is 0 Å². The van der Waals surface area contributed by atoms with Crippen LogP contribution < -0.4 is 4.74 Å². The summed E-state index contributed by atoms with van der Waals surface area (Å²) >= 11 is 1.45. The normalized spacial score (nSPS) is 24.1. The number of carbonyl (C=O) groups is 1. The van der Waals surface area contributed by atoms with E-state index in [-0.39, 0.29) is 11.5 Å². The van der Waals surface area contributed by atoms with E-state index in [0.717, 1.165) is 36.0 Å². The molecule has 3 aliphatic rings. The van der Waals surface area contributed by atoms with E-state index in [1.54, 1.807) is 0 Å². The van der Waals surface area contributed by atoms with Crippen molar-refractivity contribution in [1.82, 2.24) is 4.90 Å². The van der Waals surface area contributed by atoms with Crippen LogP contribution >= 0.6 is 11.8 Å². The fourth-order valence-electron chi connectivity index (χ4n) is 3.16. The molecular formula is C18H20N2O3S. The Morgan fingerprint density at radius 1 is 1.29 bits per heavy atom. The van der Waals surface area contributed by atoms with Gasteiger partial charge in [0.05, 0.1) is 18.1 Å². The predicted molar refractivity (Wildman–Crippen MR) is 95.3 cm³/mol. The van der Waals surface area contributed by atoms with Gasteiger partial charge < -0.3 is 14.4 Å². The van der Waals surface area contributed by atoms with Crippen LogP contribution in [0.25, 0.3) is 6.08 Å². The summed E-state index contributed by atoms with van der Waals surface area (Å²) in [4.78, 5) is 19.2. The summed E-state index contributed by atoms with van der Waals surface area (Å²) in [6.07, 6.45) is 2.81. The van der Waals surface area contributed by atoms with Crippen LogP contribution in [0.5, 0.6) is 5.75 Å². The van der Waals surface area contributed by atoms with Gasteiger partial charge in [-0.05, 0) is 54.9 Å². The van der Waals surface area contributed by atoms with Gasteiger partial charge in [0.25, 0.3) is 5.91 Å². The molecule has 1 aromatic carbocycles. The van der Waals surface area contributed by atoms with E-state index in [4.69, 9.17) is 9.47 Å². The first kappa shape index (κ1) is 15.7. The molecule has 1 saturated heterocycles. The SMILES string of the molecule is CC1(C)Cc2cc(C=C3SC(N4CCOCC4)=NC3=O)ccc2O1. The van der Waals surface area contributed by atoms with Gasteiger partial charge in [0.2, 0.25) is 0 Å². The van der Waals surface area contributed by atoms with Crippen LogP contribution in [0.3, 0.4) is 0 Å². The molecule has 0 saturated carbocycles. The second-order valence-electron chi connectivity index (χ2n) is 6.82. The highest BCUT2D eigenvalue weighted by atomic mass is 32.2. The smallest absolute Gasteiger partial charge is 0.286 e. The predicted octanol–water partition coefficient (Wildman–Crippen LogP) is 2.70. The molecule has 1 amide bonds. The largest absolute Gasteiger partial charge is 0.487 e. The number of ether oxygens (including phenoxy) is 2. The van der Waals surface area contributed by atoms with Gasteiger partial charge in [0, 0.05) is 19.5 Å². The quantitative estimate of drug-likeness (QED) is 0.733. The lowest BCUT2D eigenvalue weighted by Gasteiger charge is -2.27. The van der Waals surface area contributed by atoms with Crippen LogP contribution in [-0.4, -0.2) is 47.9 Å². The van der Waals surface area contributed by atoms with Gasteiger partial charge in [-0.15, -0.1) is 0 Å². The summed E-state index contributed by atoms with van der Waals surface area (Å²) in [7, 11) is 0. The van der Waals surface area contributed by atoms with E-state index in [9.17, 15) is 4.79 Å². The van der Waals surface area contributed by atoms with E-state index < -0.39 is 0 Å².